The zero-order valence-electron chi connectivity index (χ0n) is 22.3. The summed E-state index contributed by atoms with van der Waals surface area (Å²) in [5.74, 6) is -4.96. The number of amides is 4. The number of hydrogen-bond acceptors (Lipinski definition) is 7. The molecule has 16 heteroatoms. The van der Waals surface area contributed by atoms with Crippen LogP contribution in [0.3, 0.4) is 0 Å². The Balaban J connectivity index is 1.53. The number of carbonyl (C=O) groups excluding carboxylic acids is 3. The van der Waals surface area contributed by atoms with Gasteiger partial charge in [0.05, 0.1) is 12.6 Å². The summed E-state index contributed by atoms with van der Waals surface area (Å²) in [6, 6.07) is -1.92. The van der Waals surface area contributed by atoms with E-state index in [0.29, 0.717) is 12.0 Å². The number of hydrogen-bond donors (Lipinski definition) is 3. The zero-order valence-corrected chi connectivity index (χ0v) is 22.3. The van der Waals surface area contributed by atoms with Gasteiger partial charge >= 0.3 is 12.2 Å². The molecule has 1 aliphatic heterocycles. The Bertz CT molecular complexity index is 1260. The van der Waals surface area contributed by atoms with Crippen molar-refractivity contribution in [3.63, 3.8) is 0 Å². The number of anilines is 1. The SMILES string of the molecule is CCc1nonc1C(=O)N[C@H](C(=O)Nc1cc([C@@H](CC)N2C[C@@H](C(F)(F)F)NC2=O)ccn1)C1CCC(F)(F)CC1. The molecule has 3 atom stereocenters. The van der Waals surface area contributed by atoms with E-state index in [1.807, 2.05) is 5.32 Å². The summed E-state index contributed by atoms with van der Waals surface area (Å²) in [7, 11) is 0. The number of carbonyl (C=O) groups is 3. The van der Waals surface area contributed by atoms with Gasteiger partial charge in [0.2, 0.25) is 11.8 Å². The summed E-state index contributed by atoms with van der Waals surface area (Å²) >= 11 is 0. The second-order valence-corrected chi connectivity index (χ2v) is 10.1. The van der Waals surface area contributed by atoms with Gasteiger partial charge in [-0.05, 0) is 54.5 Å². The van der Waals surface area contributed by atoms with Crippen LogP contribution in [-0.4, -0.2) is 68.8 Å². The predicted molar refractivity (Wildman–Crippen MR) is 133 cm³/mol. The van der Waals surface area contributed by atoms with Gasteiger partial charge in [-0.1, -0.05) is 19.0 Å². The zero-order chi connectivity index (χ0) is 29.9. The average Bonchev–Trinajstić information content (AvgIpc) is 3.55. The molecule has 4 rings (SSSR count). The maximum atomic E-state index is 13.8. The first-order chi connectivity index (χ1) is 19.3. The van der Waals surface area contributed by atoms with E-state index < -0.39 is 73.4 Å². The van der Waals surface area contributed by atoms with E-state index in [4.69, 9.17) is 0 Å². The van der Waals surface area contributed by atoms with Crippen molar-refractivity contribution in [1.29, 1.82) is 0 Å². The van der Waals surface area contributed by atoms with E-state index in [1.54, 1.807) is 13.8 Å². The lowest BCUT2D eigenvalue weighted by Gasteiger charge is -2.33. The summed E-state index contributed by atoms with van der Waals surface area (Å²) in [5.41, 5.74) is 0.559. The summed E-state index contributed by atoms with van der Waals surface area (Å²) in [6.45, 7) is 2.84. The molecule has 0 aromatic carbocycles. The third kappa shape index (κ3) is 6.90. The number of nitrogens with zero attached hydrogens (tertiary/aromatic N) is 4. The smallest absolute Gasteiger partial charge is 0.338 e. The first kappa shape index (κ1) is 30.1. The fraction of sp³-hybridized carbons (Fsp3) is 0.600. The van der Waals surface area contributed by atoms with Crippen LogP contribution in [0.25, 0.3) is 0 Å². The van der Waals surface area contributed by atoms with Crippen molar-refractivity contribution in [3.8, 4) is 0 Å². The van der Waals surface area contributed by atoms with Crippen LogP contribution in [0.1, 0.15) is 73.7 Å². The average molecular weight is 588 g/mol. The molecule has 1 saturated heterocycles. The van der Waals surface area contributed by atoms with Gasteiger partial charge in [0.15, 0.2) is 5.69 Å². The van der Waals surface area contributed by atoms with Crippen LogP contribution in [0.2, 0.25) is 0 Å². The highest BCUT2D eigenvalue weighted by Gasteiger charge is 2.48. The number of halogens is 5. The number of aryl methyl sites for hydroxylation is 1. The lowest BCUT2D eigenvalue weighted by atomic mass is 9.81. The summed E-state index contributed by atoms with van der Waals surface area (Å²) in [5, 5.41) is 14.3. The van der Waals surface area contributed by atoms with Crippen LogP contribution in [0.5, 0.6) is 0 Å². The van der Waals surface area contributed by atoms with Gasteiger partial charge in [-0.3, -0.25) is 9.59 Å². The third-order valence-electron chi connectivity index (χ3n) is 7.42. The minimum Gasteiger partial charge on any atom is -0.338 e. The van der Waals surface area contributed by atoms with E-state index in [-0.39, 0.29) is 36.5 Å². The number of rotatable bonds is 9. The van der Waals surface area contributed by atoms with Crippen LogP contribution >= 0.6 is 0 Å². The monoisotopic (exact) mass is 587 g/mol. The van der Waals surface area contributed by atoms with Crippen LogP contribution in [-0.2, 0) is 11.2 Å². The highest BCUT2D eigenvalue weighted by atomic mass is 19.4. The molecular formula is C25H30F5N7O4. The minimum absolute atomic E-state index is 0.00987. The summed E-state index contributed by atoms with van der Waals surface area (Å²) in [4.78, 5) is 43.9. The number of urea groups is 1. The third-order valence-corrected chi connectivity index (χ3v) is 7.42. The molecule has 0 radical (unpaired) electrons. The van der Waals surface area contributed by atoms with Crippen molar-refractivity contribution in [2.75, 3.05) is 11.9 Å². The van der Waals surface area contributed by atoms with Crippen molar-refractivity contribution in [1.82, 2.24) is 30.8 Å². The van der Waals surface area contributed by atoms with Crippen LogP contribution < -0.4 is 16.0 Å². The van der Waals surface area contributed by atoms with Gasteiger partial charge in [-0.2, -0.15) is 13.2 Å². The van der Waals surface area contributed by atoms with Crippen LogP contribution in [0.4, 0.5) is 32.6 Å². The normalized spacial score (nSPS) is 20.8. The fourth-order valence-corrected chi connectivity index (χ4v) is 5.19. The van der Waals surface area contributed by atoms with Crippen molar-refractivity contribution in [2.24, 2.45) is 5.92 Å². The van der Waals surface area contributed by atoms with Gasteiger partial charge < -0.3 is 20.9 Å². The Morgan fingerprint density at radius 1 is 1.22 bits per heavy atom. The molecule has 0 unspecified atom stereocenters. The highest BCUT2D eigenvalue weighted by molar-refractivity contribution is 6.00. The first-order valence-corrected chi connectivity index (χ1v) is 13.2. The topological polar surface area (TPSA) is 142 Å². The Hall–Kier alpha value is -3.85. The molecule has 1 aliphatic carbocycles. The van der Waals surface area contributed by atoms with Gasteiger partial charge in [0, 0.05) is 19.0 Å². The van der Waals surface area contributed by atoms with E-state index in [2.05, 4.69) is 30.6 Å². The van der Waals surface area contributed by atoms with E-state index in [0.717, 1.165) is 4.90 Å². The van der Waals surface area contributed by atoms with Crippen LogP contribution in [0, 0.1) is 5.92 Å². The second kappa shape index (κ2) is 11.9. The molecule has 0 bridgehead atoms. The maximum Gasteiger partial charge on any atom is 0.410 e. The molecule has 224 valence electrons. The molecular weight excluding hydrogens is 557 g/mol. The molecule has 2 aliphatic rings. The summed E-state index contributed by atoms with van der Waals surface area (Å²) < 4.78 is 71.9. The van der Waals surface area contributed by atoms with E-state index >= 15 is 0 Å². The fourth-order valence-electron chi connectivity index (χ4n) is 5.19. The molecule has 3 heterocycles. The Morgan fingerprint density at radius 2 is 1.93 bits per heavy atom. The lowest BCUT2D eigenvalue weighted by molar-refractivity contribution is -0.150. The van der Waals surface area contributed by atoms with Crippen molar-refractivity contribution in [3.05, 3.63) is 35.3 Å². The minimum atomic E-state index is -4.61. The Morgan fingerprint density at radius 3 is 2.54 bits per heavy atom. The molecule has 4 amide bonds. The number of pyridine rings is 1. The molecule has 11 nitrogen and oxygen atoms in total. The van der Waals surface area contributed by atoms with Gasteiger partial charge in [0.25, 0.3) is 5.91 Å². The Labute approximate surface area is 231 Å². The molecule has 3 N–H and O–H groups in total. The molecule has 0 spiro atoms. The molecule has 2 fully saturated rings. The largest absolute Gasteiger partial charge is 0.410 e. The number of aromatic nitrogens is 3. The Kier molecular flexibility index (Phi) is 8.77. The van der Waals surface area contributed by atoms with E-state index in [1.165, 1.54) is 18.3 Å². The van der Waals surface area contributed by atoms with Gasteiger partial charge in [-0.25, -0.2) is 23.2 Å². The van der Waals surface area contributed by atoms with Crippen LogP contribution in [0.15, 0.2) is 23.0 Å². The molecule has 1 saturated carbocycles. The molecule has 2 aromatic heterocycles. The highest BCUT2D eigenvalue weighted by Crippen LogP contribution is 2.38. The number of alkyl halides is 5. The number of nitrogens with one attached hydrogen (secondary N) is 3. The summed E-state index contributed by atoms with van der Waals surface area (Å²) in [6.07, 6.45) is -3.65. The standard InChI is InChI=1S/C25H30F5N7O4/c1-3-15-20(36-41-35-15)22(39)34-19(13-5-8-24(26,27)9-6-13)21(38)33-18-11-14(7-10-31-18)16(4-2)37-12-17(25(28,29)30)32-23(37)40/h7,10-11,13,16-17,19H,3-6,8-9,12H2,1-2H3,(H,32,40)(H,34,39)(H,31,33,38)/t16-,17+,19+/m1/s1. The molecule has 2 aromatic rings. The van der Waals surface area contributed by atoms with Gasteiger partial charge in [-0.15, -0.1) is 0 Å². The van der Waals surface area contributed by atoms with E-state index in [9.17, 15) is 36.3 Å². The quantitative estimate of drug-likeness (QED) is 0.377. The maximum absolute atomic E-state index is 13.8. The predicted octanol–water partition coefficient (Wildman–Crippen LogP) is 4.00. The van der Waals surface area contributed by atoms with Crippen molar-refractivity contribution >= 4 is 23.7 Å². The van der Waals surface area contributed by atoms with Gasteiger partial charge in [0.1, 0.15) is 23.6 Å². The van der Waals surface area contributed by atoms with Crippen molar-refractivity contribution in [2.45, 2.75) is 82.6 Å². The molecule has 41 heavy (non-hydrogen) atoms. The lowest BCUT2D eigenvalue weighted by Crippen LogP contribution is -2.50. The first-order valence-electron chi connectivity index (χ1n) is 13.2. The van der Waals surface area contributed by atoms with Crippen molar-refractivity contribution < 1.29 is 41.0 Å². The second-order valence-electron chi connectivity index (χ2n) is 10.1.